The second-order valence-corrected chi connectivity index (χ2v) is 4.22. The van der Waals surface area contributed by atoms with E-state index in [2.05, 4.69) is 22.5 Å². The largest absolute Gasteiger partial charge is 0.492 e. The first-order valence-electron chi connectivity index (χ1n) is 6.14. The van der Waals surface area contributed by atoms with Gasteiger partial charge in [0.1, 0.15) is 12.4 Å². The average Bonchev–Trinajstić information content (AvgIpc) is 2.78. The number of nitrogens with one attached hydrogen (secondary N) is 1. The van der Waals surface area contributed by atoms with Crippen molar-refractivity contribution in [1.82, 2.24) is 15.1 Å². The van der Waals surface area contributed by atoms with E-state index in [0.29, 0.717) is 6.61 Å². The summed E-state index contributed by atoms with van der Waals surface area (Å²) in [6.45, 7) is 4.33. The molecule has 2 rings (SSSR count). The second kappa shape index (κ2) is 6.21. The number of aryl methyl sites for hydroxylation is 1. The van der Waals surface area contributed by atoms with Crippen LogP contribution >= 0.6 is 0 Å². The molecule has 0 atom stereocenters. The summed E-state index contributed by atoms with van der Waals surface area (Å²) in [5, 5.41) is 7.33. The van der Waals surface area contributed by atoms with E-state index in [9.17, 15) is 0 Å². The van der Waals surface area contributed by atoms with E-state index in [4.69, 9.17) is 4.74 Å². The van der Waals surface area contributed by atoms with Crippen molar-refractivity contribution in [2.75, 3.05) is 13.7 Å². The molecule has 1 aromatic carbocycles. The van der Waals surface area contributed by atoms with E-state index in [-0.39, 0.29) is 0 Å². The van der Waals surface area contributed by atoms with Crippen LogP contribution in [0.4, 0.5) is 0 Å². The molecule has 0 spiro atoms. The fourth-order valence-electron chi connectivity index (χ4n) is 1.79. The van der Waals surface area contributed by atoms with Crippen LogP contribution in [0.3, 0.4) is 0 Å². The number of aromatic nitrogens is 2. The van der Waals surface area contributed by atoms with E-state index in [1.54, 1.807) is 0 Å². The molecular weight excluding hydrogens is 226 g/mol. The molecule has 1 heterocycles. The lowest BCUT2D eigenvalue weighted by Crippen LogP contribution is -2.10. The lowest BCUT2D eigenvalue weighted by molar-refractivity contribution is 0.290. The van der Waals surface area contributed by atoms with E-state index >= 15 is 0 Å². The number of hydrogen-bond acceptors (Lipinski definition) is 3. The zero-order valence-corrected chi connectivity index (χ0v) is 10.9. The van der Waals surface area contributed by atoms with Crippen molar-refractivity contribution in [3.05, 3.63) is 47.8 Å². The van der Waals surface area contributed by atoms with Gasteiger partial charge in [-0.25, -0.2) is 0 Å². The van der Waals surface area contributed by atoms with Crippen molar-refractivity contribution < 1.29 is 4.74 Å². The lowest BCUT2D eigenvalue weighted by atomic mass is 10.2. The Morgan fingerprint density at radius 2 is 2.00 bits per heavy atom. The maximum atomic E-state index is 5.69. The minimum absolute atomic E-state index is 0.633. The molecule has 2 aromatic rings. The van der Waals surface area contributed by atoms with Crippen LogP contribution in [0.25, 0.3) is 0 Å². The molecule has 4 nitrogen and oxygen atoms in total. The summed E-state index contributed by atoms with van der Waals surface area (Å²) < 4.78 is 7.63. The van der Waals surface area contributed by atoms with Gasteiger partial charge < -0.3 is 10.1 Å². The van der Waals surface area contributed by atoms with Crippen LogP contribution in [-0.4, -0.2) is 23.4 Å². The van der Waals surface area contributed by atoms with Crippen LogP contribution in [0.15, 0.2) is 36.5 Å². The van der Waals surface area contributed by atoms with E-state index < -0.39 is 0 Å². The Kier molecular flexibility index (Phi) is 4.36. The monoisotopic (exact) mass is 245 g/mol. The minimum atomic E-state index is 0.633. The average molecular weight is 245 g/mol. The predicted octanol–water partition coefficient (Wildman–Crippen LogP) is 1.99. The summed E-state index contributed by atoms with van der Waals surface area (Å²) in [6.07, 6.45) is 1.81. The van der Waals surface area contributed by atoms with Gasteiger partial charge in [0.2, 0.25) is 0 Å². The fourth-order valence-corrected chi connectivity index (χ4v) is 1.79. The third kappa shape index (κ3) is 3.34. The Morgan fingerprint density at radius 1 is 1.22 bits per heavy atom. The maximum absolute atomic E-state index is 5.69. The summed E-state index contributed by atoms with van der Waals surface area (Å²) >= 11 is 0. The zero-order valence-electron chi connectivity index (χ0n) is 10.9. The molecule has 1 aromatic heterocycles. The number of rotatable bonds is 6. The lowest BCUT2D eigenvalue weighted by Gasteiger charge is -2.08. The van der Waals surface area contributed by atoms with Crippen LogP contribution in [0.2, 0.25) is 0 Å². The Balaban J connectivity index is 1.81. The molecule has 0 saturated carbocycles. The minimum Gasteiger partial charge on any atom is -0.492 e. The number of nitrogens with zero attached hydrogens (tertiary/aromatic N) is 2. The maximum Gasteiger partial charge on any atom is 0.119 e. The highest BCUT2D eigenvalue weighted by atomic mass is 16.5. The van der Waals surface area contributed by atoms with E-state index in [1.807, 2.05) is 43.0 Å². The van der Waals surface area contributed by atoms with Gasteiger partial charge >= 0.3 is 0 Å². The molecule has 0 aliphatic rings. The number of benzene rings is 1. The highest BCUT2D eigenvalue weighted by Crippen LogP contribution is 2.12. The third-order valence-corrected chi connectivity index (χ3v) is 2.80. The van der Waals surface area contributed by atoms with Crippen LogP contribution in [0, 0.1) is 6.92 Å². The van der Waals surface area contributed by atoms with Gasteiger partial charge in [0, 0.05) is 18.4 Å². The first-order chi connectivity index (χ1) is 8.79. The second-order valence-electron chi connectivity index (χ2n) is 4.22. The first-order valence-corrected chi connectivity index (χ1v) is 6.14. The Labute approximate surface area is 108 Å². The highest BCUT2D eigenvalue weighted by molar-refractivity contribution is 5.27. The molecule has 4 heteroatoms. The summed E-state index contributed by atoms with van der Waals surface area (Å²) in [6, 6.07) is 10.1. The Bertz CT molecular complexity index is 476. The van der Waals surface area contributed by atoms with Gasteiger partial charge in [-0.05, 0) is 37.7 Å². The Morgan fingerprint density at radius 3 is 2.61 bits per heavy atom. The molecule has 0 unspecified atom stereocenters. The summed E-state index contributed by atoms with van der Waals surface area (Å²) in [4.78, 5) is 0. The topological polar surface area (TPSA) is 39.1 Å². The predicted molar refractivity (Wildman–Crippen MR) is 71.7 cm³/mol. The highest BCUT2D eigenvalue weighted by Gasteiger charge is 1.98. The van der Waals surface area contributed by atoms with Crippen LogP contribution in [-0.2, 0) is 13.1 Å². The van der Waals surface area contributed by atoms with Crippen molar-refractivity contribution in [3.63, 3.8) is 0 Å². The van der Waals surface area contributed by atoms with Crippen molar-refractivity contribution in [2.24, 2.45) is 0 Å². The van der Waals surface area contributed by atoms with Gasteiger partial charge in [-0.15, -0.1) is 0 Å². The molecule has 0 amide bonds. The van der Waals surface area contributed by atoms with Gasteiger partial charge in [-0.2, -0.15) is 5.10 Å². The normalized spacial score (nSPS) is 10.6. The molecule has 0 radical (unpaired) electrons. The molecule has 0 bridgehead atoms. The number of hydrogen-bond donors (Lipinski definition) is 1. The first kappa shape index (κ1) is 12.6. The van der Waals surface area contributed by atoms with Gasteiger partial charge in [-0.1, -0.05) is 12.1 Å². The van der Waals surface area contributed by atoms with Gasteiger partial charge in [0.05, 0.1) is 6.54 Å². The zero-order chi connectivity index (χ0) is 12.8. The summed E-state index contributed by atoms with van der Waals surface area (Å²) in [7, 11) is 1.94. The van der Waals surface area contributed by atoms with E-state index in [1.165, 1.54) is 5.56 Å². The third-order valence-electron chi connectivity index (χ3n) is 2.80. The summed E-state index contributed by atoms with van der Waals surface area (Å²) in [5.74, 6) is 0.902. The van der Waals surface area contributed by atoms with Gasteiger partial charge in [0.25, 0.3) is 0 Å². The molecule has 0 aliphatic heterocycles. The summed E-state index contributed by atoms with van der Waals surface area (Å²) in [5.41, 5.74) is 2.41. The molecule has 96 valence electrons. The standard InChI is InChI=1S/C14H19N3O/c1-12-7-8-16-17(12)9-10-18-14-5-3-13(4-6-14)11-15-2/h3-8,15H,9-11H2,1-2H3. The van der Waals surface area contributed by atoms with Crippen LogP contribution in [0.1, 0.15) is 11.3 Å². The van der Waals surface area contributed by atoms with Crippen molar-refractivity contribution in [1.29, 1.82) is 0 Å². The van der Waals surface area contributed by atoms with Crippen molar-refractivity contribution >= 4 is 0 Å². The van der Waals surface area contributed by atoms with Crippen LogP contribution < -0.4 is 10.1 Å². The number of ether oxygens (including phenoxy) is 1. The molecule has 0 fully saturated rings. The SMILES string of the molecule is CNCc1ccc(OCCn2nccc2C)cc1. The fraction of sp³-hybridized carbons (Fsp3) is 0.357. The van der Waals surface area contributed by atoms with Crippen LogP contribution in [0.5, 0.6) is 5.75 Å². The van der Waals surface area contributed by atoms with Crippen molar-refractivity contribution in [2.45, 2.75) is 20.0 Å². The molecule has 0 saturated heterocycles. The van der Waals surface area contributed by atoms with Gasteiger partial charge in [0.15, 0.2) is 0 Å². The quantitative estimate of drug-likeness (QED) is 0.846. The van der Waals surface area contributed by atoms with Crippen molar-refractivity contribution in [3.8, 4) is 5.75 Å². The molecule has 1 N–H and O–H groups in total. The molecule has 0 aliphatic carbocycles. The Hall–Kier alpha value is -1.81. The van der Waals surface area contributed by atoms with E-state index in [0.717, 1.165) is 24.5 Å². The van der Waals surface area contributed by atoms with Gasteiger partial charge in [-0.3, -0.25) is 4.68 Å². The molecule has 18 heavy (non-hydrogen) atoms. The molecular formula is C14H19N3O. The smallest absolute Gasteiger partial charge is 0.119 e.